The first kappa shape index (κ1) is 14.2. The van der Waals surface area contributed by atoms with E-state index in [1.165, 1.54) is 11.8 Å². The van der Waals surface area contributed by atoms with Crippen LogP contribution in [0.3, 0.4) is 0 Å². The van der Waals surface area contributed by atoms with Crippen molar-refractivity contribution in [2.45, 2.75) is 19.8 Å². The summed E-state index contributed by atoms with van der Waals surface area (Å²) in [5.41, 5.74) is 0.546. The number of anilines is 1. The number of carbonyl (C=O) groups is 3. The molecule has 2 bridgehead atoms. The molecule has 5 heteroatoms. The summed E-state index contributed by atoms with van der Waals surface area (Å²) in [6, 6.07) is 6.51. The van der Waals surface area contributed by atoms with Crippen LogP contribution in [0.5, 0.6) is 5.75 Å². The number of benzene rings is 1. The van der Waals surface area contributed by atoms with Gasteiger partial charge in [0.2, 0.25) is 11.8 Å². The van der Waals surface area contributed by atoms with Gasteiger partial charge in [-0.1, -0.05) is 12.2 Å². The van der Waals surface area contributed by atoms with Crippen LogP contribution in [0.25, 0.3) is 0 Å². The second-order valence-corrected chi connectivity index (χ2v) is 6.44. The summed E-state index contributed by atoms with van der Waals surface area (Å²) in [7, 11) is 0. The number of rotatable bonds is 2. The van der Waals surface area contributed by atoms with Crippen molar-refractivity contribution in [1.29, 1.82) is 0 Å². The SMILES string of the molecule is CC(=O)Oc1ccc(N2C(=O)[C@@H]3[C@H](C2=O)[C@@H]2C=C[C@H]3CC2)cc1. The molecule has 118 valence electrons. The first-order chi connectivity index (χ1) is 11.1. The third kappa shape index (κ3) is 2.11. The summed E-state index contributed by atoms with van der Waals surface area (Å²) < 4.78 is 4.99. The van der Waals surface area contributed by atoms with E-state index >= 15 is 0 Å². The third-order valence-electron chi connectivity index (χ3n) is 5.12. The van der Waals surface area contributed by atoms with Crippen LogP contribution in [0.15, 0.2) is 36.4 Å². The van der Waals surface area contributed by atoms with Crippen LogP contribution in [-0.4, -0.2) is 17.8 Å². The molecule has 3 aliphatic carbocycles. The minimum Gasteiger partial charge on any atom is -0.427 e. The fraction of sp³-hybridized carbons (Fsp3) is 0.389. The van der Waals surface area contributed by atoms with E-state index in [2.05, 4.69) is 12.2 Å². The van der Waals surface area contributed by atoms with Gasteiger partial charge < -0.3 is 4.74 Å². The summed E-state index contributed by atoms with van der Waals surface area (Å²) in [6.45, 7) is 1.33. The number of carbonyl (C=O) groups excluding carboxylic acids is 3. The Hall–Kier alpha value is -2.43. The highest BCUT2D eigenvalue weighted by atomic mass is 16.5. The molecule has 0 spiro atoms. The molecule has 0 radical (unpaired) electrons. The van der Waals surface area contributed by atoms with Crippen LogP contribution in [-0.2, 0) is 14.4 Å². The predicted octanol–water partition coefficient (Wildman–Crippen LogP) is 2.31. The van der Waals surface area contributed by atoms with Crippen molar-refractivity contribution in [2.24, 2.45) is 23.7 Å². The van der Waals surface area contributed by atoms with Gasteiger partial charge in [-0.15, -0.1) is 0 Å². The molecule has 1 aromatic carbocycles. The Balaban J connectivity index is 1.64. The molecule has 1 saturated heterocycles. The van der Waals surface area contributed by atoms with Gasteiger partial charge in [0, 0.05) is 6.92 Å². The van der Waals surface area contributed by atoms with Crippen molar-refractivity contribution in [2.75, 3.05) is 4.90 Å². The maximum absolute atomic E-state index is 12.8. The van der Waals surface area contributed by atoms with Crippen molar-refractivity contribution in [1.82, 2.24) is 0 Å². The second-order valence-electron chi connectivity index (χ2n) is 6.44. The number of amides is 2. The number of nitrogens with zero attached hydrogens (tertiary/aromatic N) is 1. The lowest BCUT2D eigenvalue weighted by Crippen LogP contribution is -2.38. The molecule has 4 aliphatic rings. The summed E-state index contributed by atoms with van der Waals surface area (Å²) in [6.07, 6.45) is 6.18. The van der Waals surface area contributed by atoms with Gasteiger partial charge in [0.1, 0.15) is 5.75 Å². The molecule has 5 rings (SSSR count). The first-order valence-corrected chi connectivity index (χ1v) is 7.91. The predicted molar refractivity (Wildman–Crippen MR) is 82.6 cm³/mol. The lowest BCUT2D eigenvalue weighted by atomic mass is 9.63. The highest BCUT2D eigenvalue weighted by Crippen LogP contribution is 2.50. The number of hydrogen-bond acceptors (Lipinski definition) is 4. The van der Waals surface area contributed by atoms with Crippen molar-refractivity contribution in [3.63, 3.8) is 0 Å². The average molecular weight is 311 g/mol. The zero-order valence-corrected chi connectivity index (χ0v) is 12.8. The van der Waals surface area contributed by atoms with E-state index in [1.54, 1.807) is 24.3 Å². The highest BCUT2D eigenvalue weighted by Gasteiger charge is 2.56. The lowest BCUT2D eigenvalue weighted by molar-refractivity contribution is -0.132. The molecule has 1 heterocycles. The molecule has 1 aromatic rings. The Morgan fingerprint density at radius 1 is 1.00 bits per heavy atom. The molecule has 5 nitrogen and oxygen atoms in total. The van der Waals surface area contributed by atoms with Crippen molar-refractivity contribution in [3.8, 4) is 5.75 Å². The minimum absolute atomic E-state index is 0.0979. The summed E-state index contributed by atoms with van der Waals surface area (Å²) >= 11 is 0. The molecule has 0 aromatic heterocycles. The molecular weight excluding hydrogens is 294 g/mol. The maximum atomic E-state index is 12.8. The van der Waals surface area contributed by atoms with Gasteiger partial charge in [0.25, 0.3) is 0 Å². The summed E-state index contributed by atoms with van der Waals surface area (Å²) in [5, 5.41) is 0. The monoisotopic (exact) mass is 311 g/mol. The minimum atomic E-state index is -0.403. The van der Waals surface area contributed by atoms with Crippen molar-refractivity contribution < 1.29 is 19.1 Å². The Morgan fingerprint density at radius 3 is 1.96 bits per heavy atom. The van der Waals surface area contributed by atoms with Crippen LogP contribution in [0.4, 0.5) is 5.69 Å². The van der Waals surface area contributed by atoms with Crippen LogP contribution in [0.2, 0.25) is 0 Å². The molecule has 23 heavy (non-hydrogen) atoms. The smallest absolute Gasteiger partial charge is 0.308 e. The third-order valence-corrected chi connectivity index (χ3v) is 5.12. The molecule has 1 aliphatic heterocycles. The van der Waals surface area contributed by atoms with E-state index in [0.717, 1.165) is 12.8 Å². The fourth-order valence-electron chi connectivity index (χ4n) is 4.16. The maximum Gasteiger partial charge on any atom is 0.308 e. The van der Waals surface area contributed by atoms with Gasteiger partial charge in [-0.05, 0) is 48.9 Å². The molecule has 1 saturated carbocycles. The van der Waals surface area contributed by atoms with Gasteiger partial charge in [0.15, 0.2) is 0 Å². The Morgan fingerprint density at radius 2 is 1.52 bits per heavy atom. The van der Waals surface area contributed by atoms with E-state index < -0.39 is 5.97 Å². The van der Waals surface area contributed by atoms with Crippen LogP contribution >= 0.6 is 0 Å². The van der Waals surface area contributed by atoms with E-state index in [9.17, 15) is 14.4 Å². The zero-order valence-electron chi connectivity index (χ0n) is 12.8. The number of esters is 1. The van der Waals surface area contributed by atoms with Gasteiger partial charge in [-0.3, -0.25) is 19.3 Å². The molecule has 2 amide bonds. The Bertz CT molecular complexity index is 689. The van der Waals surface area contributed by atoms with Crippen molar-refractivity contribution >= 4 is 23.5 Å². The standard InChI is InChI=1S/C18H17NO4/c1-10(20)23-14-8-6-13(7-9-14)19-17(21)15-11-2-3-12(5-4-11)16(15)18(19)22/h2-3,6-9,11-12,15-16H,4-5H2,1H3/t11-,12+,15-,16+. The quantitative estimate of drug-likeness (QED) is 0.364. The van der Waals surface area contributed by atoms with Gasteiger partial charge in [-0.2, -0.15) is 0 Å². The average Bonchev–Trinajstić information content (AvgIpc) is 2.83. The molecule has 0 N–H and O–H groups in total. The van der Waals surface area contributed by atoms with E-state index in [4.69, 9.17) is 4.74 Å². The topological polar surface area (TPSA) is 63.7 Å². The Labute approximate surface area is 133 Å². The van der Waals surface area contributed by atoms with Gasteiger partial charge in [0.05, 0.1) is 17.5 Å². The first-order valence-electron chi connectivity index (χ1n) is 7.91. The second kappa shape index (κ2) is 5.05. The van der Waals surface area contributed by atoms with Gasteiger partial charge in [-0.25, -0.2) is 0 Å². The summed E-state index contributed by atoms with van der Waals surface area (Å²) in [5.74, 6) is -0.241. The van der Waals surface area contributed by atoms with Crippen molar-refractivity contribution in [3.05, 3.63) is 36.4 Å². The van der Waals surface area contributed by atoms with Crippen LogP contribution < -0.4 is 9.64 Å². The number of allylic oxidation sites excluding steroid dienone is 2. The molecule has 0 unspecified atom stereocenters. The largest absolute Gasteiger partial charge is 0.427 e. The lowest BCUT2D eigenvalue weighted by Gasteiger charge is -2.38. The number of fused-ring (bicyclic) bond motifs is 1. The Kier molecular flexibility index (Phi) is 3.11. The number of hydrogen-bond donors (Lipinski definition) is 0. The normalized spacial score (nSPS) is 31.4. The zero-order chi connectivity index (χ0) is 16.1. The van der Waals surface area contributed by atoms with Gasteiger partial charge >= 0.3 is 5.97 Å². The van der Waals surface area contributed by atoms with Crippen LogP contribution in [0.1, 0.15) is 19.8 Å². The number of ether oxygens (including phenoxy) is 1. The highest BCUT2D eigenvalue weighted by molar-refractivity contribution is 6.22. The summed E-state index contributed by atoms with van der Waals surface area (Å²) in [4.78, 5) is 37.8. The molecule has 4 atom stereocenters. The molecular formula is C18H17NO4. The number of imide groups is 1. The van der Waals surface area contributed by atoms with E-state index in [1.807, 2.05) is 0 Å². The molecule has 2 fully saturated rings. The van der Waals surface area contributed by atoms with Crippen LogP contribution in [0, 0.1) is 23.7 Å². The fourth-order valence-corrected chi connectivity index (χ4v) is 4.16. The van der Waals surface area contributed by atoms with E-state index in [-0.39, 0.29) is 35.5 Å². The van der Waals surface area contributed by atoms with E-state index in [0.29, 0.717) is 11.4 Å².